The number of nitrogens with one attached hydrogen (secondary N) is 1. The van der Waals surface area contributed by atoms with Gasteiger partial charge in [-0.2, -0.15) is 0 Å². The molecule has 1 aromatic rings. The maximum Gasteiger partial charge on any atom is 0.109 e. The molecule has 4 heteroatoms. The minimum Gasteiger partial charge on any atom is -0.393 e. The van der Waals surface area contributed by atoms with E-state index in [2.05, 4.69) is 10.3 Å². The largest absolute Gasteiger partial charge is 0.393 e. The number of hydrogen-bond donors (Lipinski definition) is 2. The van der Waals surface area contributed by atoms with E-state index in [1.807, 2.05) is 24.0 Å². The molecule has 2 unspecified atom stereocenters. The number of aliphatic hydroxyl groups excluding tert-OH is 1. The van der Waals surface area contributed by atoms with Crippen LogP contribution < -0.4 is 5.32 Å². The molecule has 2 atom stereocenters. The molecule has 90 valence electrons. The van der Waals surface area contributed by atoms with E-state index in [1.54, 1.807) is 0 Å². The lowest BCUT2D eigenvalue weighted by Crippen LogP contribution is -2.29. The second-order valence-corrected chi connectivity index (χ2v) is 4.67. The van der Waals surface area contributed by atoms with Crippen LogP contribution in [0.1, 0.15) is 25.1 Å². The summed E-state index contributed by atoms with van der Waals surface area (Å²) in [7, 11) is 2.02. The third-order valence-electron chi connectivity index (χ3n) is 3.47. The van der Waals surface area contributed by atoms with Crippen molar-refractivity contribution in [2.45, 2.75) is 31.8 Å². The van der Waals surface area contributed by atoms with Gasteiger partial charge in [-0.05, 0) is 18.8 Å². The zero-order valence-corrected chi connectivity index (χ0v) is 9.89. The van der Waals surface area contributed by atoms with Crippen LogP contribution in [0.25, 0.3) is 0 Å². The molecule has 2 rings (SSSR count). The molecular weight excluding hydrogens is 202 g/mol. The van der Waals surface area contributed by atoms with Gasteiger partial charge in [0.05, 0.1) is 6.10 Å². The number of imidazole rings is 1. The fourth-order valence-electron chi connectivity index (χ4n) is 2.38. The maximum atomic E-state index is 9.66. The van der Waals surface area contributed by atoms with Crippen molar-refractivity contribution in [1.29, 1.82) is 0 Å². The van der Waals surface area contributed by atoms with Crippen molar-refractivity contribution in [3.05, 3.63) is 18.2 Å². The topological polar surface area (TPSA) is 50.1 Å². The molecule has 0 amide bonds. The van der Waals surface area contributed by atoms with Crippen LogP contribution in [-0.4, -0.2) is 33.9 Å². The first-order valence-electron chi connectivity index (χ1n) is 6.12. The van der Waals surface area contributed by atoms with Gasteiger partial charge in [-0.25, -0.2) is 4.98 Å². The smallest absolute Gasteiger partial charge is 0.109 e. The summed E-state index contributed by atoms with van der Waals surface area (Å²) in [4.78, 5) is 4.27. The number of aryl methyl sites for hydroxylation is 1. The molecule has 0 spiro atoms. The Morgan fingerprint density at radius 3 is 3.06 bits per heavy atom. The molecule has 4 nitrogen and oxygen atoms in total. The monoisotopic (exact) mass is 223 g/mol. The van der Waals surface area contributed by atoms with Crippen LogP contribution >= 0.6 is 0 Å². The molecule has 16 heavy (non-hydrogen) atoms. The molecule has 0 aliphatic heterocycles. The zero-order chi connectivity index (χ0) is 11.4. The molecule has 1 saturated carbocycles. The lowest BCUT2D eigenvalue weighted by molar-refractivity contribution is 0.132. The summed E-state index contributed by atoms with van der Waals surface area (Å²) >= 11 is 0. The van der Waals surface area contributed by atoms with E-state index in [0.717, 1.165) is 38.2 Å². The molecule has 2 N–H and O–H groups in total. The van der Waals surface area contributed by atoms with Gasteiger partial charge in [-0.1, -0.05) is 6.42 Å². The lowest BCUT2D eigenvalue weighted by atomic mass is 10.1. The van der Waals surface area contributed by atoms with Crippen LogP contribution in [0.5, 0.6) is 0 Å². The van der Waals surface area contributed by atoms with Gasteiger partial charge in [0.25, 0.3) is 0 Å². The Labute approximate surface area is 96.7 Å². The molecular formula is C12H21N3O. The van der Waals surface area contributed by atoms with Gasteiger partial charge in [0.1, 0.15) is 5.82 Å². The first-order valence-corrected chi connectivity index (χ1v) is 6.12. The summed E-state index contributed by atoms with van der Waals surface area (Å²) in [5.41, 5.74) is 0. The van der Waals surface area contributed by atoms with E-state index in [0.29, 0.717) is 5.92 Å². The van der Waals surface area contributed by atoms with Crippen molar-refractivity contribution in [2.75, 3.05) is 13.1 Å². The Kier molecular flexibility index (Phi) is 3.96. The third kappa shape index (κ3) is 2.83. The molecule has 1 aromatic heterocycles. The predicted molar refractivity (Wildman–Crippen MR) is 63.1 cm³/mol. The van der Waals surface area contributed by atoms with Crippen molar-refractivity contribution in [3.8, 4) is 0 Å². The Morgan fingerprint density at radius 1 is 1.56 bits per heavy atom. The number of aromatic nitrogens is 2. The van der Waals surface area contributed by atoms with Crippen molar-refractivity contribution in [2.24, 2.45) is 13.0 Å². The fourth-order valence-corrected chi connectivity index (χ4v) is 2.38. The van der Waals surface area contributed by atoms with Gasteiger partial charge >= 0.3 is 0 Å². The number of rotatable bonds is 5. The van der Waals surface area contributed by atoms with E-state index in [9.17, 15) is 5.11 Å². The Hall–Kier alpha value is -0.870. The zero-order valence-electron chi connectivity index (χ0n) is 9.89. The molecule has 1 aliphatic carbocycles. The fraction of sp³-hybridized carbons (Fsp3) is 0.750. The maximum absolute atomic E-state index is 9.66. The normalized spacial score (nSPS) is 25.1. The van der Waals surface area contributed by atoms with E-state index in [-0.39, 0.29) is 6.10 Å². The summed E-state index contributed by atoms with van der Waals surface area (Å²) in [6, 6.07) is 0. The SMILES string of the molecule is Cn1ccnc1CCNCC1CCCC1O. The average molecular weight is 223 g/mol. The number of aliphatic hydroxyl groups is 1. The third-order valence-corrected chi connectivity index (χ3v) is 3.47. The Balaban J connectivity index is 1.63. The average Bonchev–Trinajstić information content (AvgIpc) is 2.84. The van der Waals surface area contributed by atoms with Gasteiger partial charge in [-0.3, -0.25) is 0 Å². The van der Waals surface area contributed by atoms with E-state index >= 15 is 0 Å². The summed E-state index contributed by atoms with van der Waals surface area (Å²) in [5.74, 6) is 1.57. The minimum absolute atomic E-state index is 0.0827. The van der Waals surface area contributed by atoms with Crippen LogP contribution in [0.3, 0.4) is 0 Å². The second-order valence-electron chi connectivity index (χ2n) is 4.67. The molecule has 0 aromatic carbocycles. The van der Waals surface area contributed by atoms with Gasteiger partial charge < -0.3 is 15.0 Å². The molecule has 0 radical (unpaired) electrons. The second kappa shape index (κ2) is 5.46. The highest BCUT2D eigenvalue weighted by Gasteiger charge is 2.24. The number of hydrogen-bond acceptors (Lipinski definition) is 3. The highest BCUT2D eigenvalue weighted by molar-refractivity contribution is 4.91. The summed E-state index contributed by atoms with van der Waals surface area (Å²) in [6.45, 7) is 1.87. The molecule has 1 aliphatic rings. The lowest BCUT2D eigenvalue weighted by Gasteiger charge is -2.14. The quantitative estimate of drug-likeness (QED) is 0.723. The van der Waals surface area contributed by atoms with Crippen molar-refractivity contribution >= 4 is 0 Å². The first-order chi connectivity index (χ1) is 7.77. The predicted octanol–water partition coefficient (Wildman–Crippen LogP) is 0.713. The van der Waals surface area contributed by atoms with E-state index in [4.69, 9.17) is 0 Å². The van der Waals surface area contributed by atoms with Gasteiger partial charge in [0, 0.05) is 39.0 Å². The van der Waals surface area contributed by atoms with Crippen LogP contribution in [0.15, 0.2) is 12.4 Å². The van der Waals surface area contributed by atoms with E-state index < -0.39 is 0 Å². The molecule has 0 bridgehead atoms. The standard InChI is InChI=1S/C12H21N3O/c1-15-8-7-14-12(15)5-6-13-9-10-3-2-4-11(10)16/h7-8,10-11,13,16H,2-6,9H2,1H3. The molecule has 1 fully saturated rings. The Morgan fingerprint density at radius 2 is 2.44 bits per heavy atom. The first kappa shape index (κ1) is 11.6. The van der Waals surface area contributed by atoms with Crippen LogP contribution in [0.4, 0.5) is 0 Å². The Bertz CT molecular complexity index is 324. The van der Waals surface area contributed by atoms with Crippen LogP contribution in [0, 0.1) is 5.92 Å². The molecule has 1 heterocycles. The van der Waals surface area contributed by atoms with Crippen molar-refractivity contribution < 1.29 is 5.11 Å². The van der Waals surface area contributed by atoms with Gasteiger partial charge in [0.15, 0.2) is 0 Å². The highest BCUT2D eigenvalue weighted by atomic mass is 16.3. The van der Waals surface area contributed by atoms with Crippen molar-refractivity contribution in [1.82, 2.24) is 14.9 Å². The number of nitrogens with zero attached hydrogens (tertiary/aromatic N) is 2. The minimum atomic E-state index is -0.0827. The van der Waals surface area contributed by atoms with Crippen LogP contribution in [0.2, 0.25) is 0 Å². The van der Waals surface area contributed by atoms with Crippen molar-refractivity contribution in [3.63, 3.8) is 0 Å². The van der Waals surface area contributed by atoms with Crippen LogP contribution in [-0.2, 0) is 13.5 Å². The summed E-state index contributed by atoms with van der Waals surface area (Å²) in [5, 5.41) is 13.1. The van der Waals surface area contributed by atoms with Gasteiger partial charge in [-0.15, -0.1) is 0 Å². The summed E-state index contributed by atoms with van der Waals surface area (Å²) in [6.07, 6.45) is 7.98. The highest BCUT2D eigenvalue weighted by Crippen LogP contribution is 2.24. The van der Waals surface area contributed by atoms with Gasteiger partial charge in [0.2, 0.25) is 0 Å². The van der Waals surface area contributed by atoms with E-state index in [1.165, 1.54) is 6.42 Å². The molecule has 0 saturated heterocycles. The summed E-state index contributed by atoms with van der Waals surface area (Å²) < 4.78 is 2.05.